The molecule has 23 nitrogen and oxygen atoms in total. The SMILES string of the molecule is CC[C@@H]1NC(=O)C([C@H](O)[C@@H](C)CCl)N(C)C(=O)[C@H](C(C)C)N(C)C(=O)[C@H](CC(C)C)N(C)C(=O)[C@H](CC(C)C)N(C)C(=O)[C@@H](C)NC(=O)[C@H](C)NC(=O)[C@H](CC(C)C)N(C)C(=O)[C@H](C(C)C)NC(=O)[C@H](CC(C)C)N(C)C(=O)CN(C)C1=O. The molecule has 1 aliphatic heterocycles. The highest BCUT2D eigenvalue weighted by Crippen LogP contribution is 2.25. The summed E-state index contributed by atoms with van der Waals surface area (Å²) in [5, 5.41) is 22.7. The van der Waals surface area contributed by atoms with Gasteiger partial charge in [-0.05, 0) is 87.4 Å². The van der Waals surface area contributed by atoms with E-state index in [0.29, 0.717) is 0 Å². The van der Waals surface area contributed by atoms with E-state index < -0.39 is 156 Å². The van der Waals surface area contributed by atoms with Gasteiger partial charge in [-0.3, -0.25) is 52.7 Å². The van der Waals surface area contributed by atoms with Gasteiger partial charge in [0.05, 0.1) is 12.6 Å². The van der Waals surface area contributed by atoms with Gasteiger partial charge in [-0.15, -0.1) is 11.6 Å². The second-order valence-electron chi connectivity index (χ2n) is 25.4. The van der Waals surface area contributed by atoms with E-state index in [2.05, 4.69) is 21.3 Å². The fourth-order valence-corrected chi connectivity index (χ4v) is 10.5. The molecule has 0 aromatic heterocycles. The molecule has 5 N–H and O–H groups in total. The minimum atomic E-state index is -1.66. The molecule has 1 heterocycles. The van der Waals surface area contributed by atoms with Crippen LogP contribution < -0.4 is 21.3 Å². The highest BCUT2D eigenvalue weighted by atomic mass is 35.5. The first kappa shape index (κ1) is 75.4. The average molecular weight is 1200 g/mol. The molecule has 24 heteroatoms. The molecule has 0 spiro atoms. The van der Waals surface area contributed by atoms with Crippen LogP contribution in [0.25, 0.3) is 0 Å². The molecule has 1 aliphatic rings. The van der Waals surface area contributed by atoms with Crippen LogP contribution in [0.3, 0.4) is 0 Å². The lowest BCUT2D eigenvalue weighted by Gasteiger charge is -2.41. The number of aliphatic hydroxyl groups is 1. The number of rotatable bonds is 14. The van der Waals surface area contributed by atoms with Crippen LogP contribution in [-0.4, -0.2) is 233 Å². The molecule has 12 atom stereocenters. The van der Waals surface area contributed by atoms with Crippen molar-refractivity contribution in [3.63, 3.8) is 0 Å². The Kier molecular flexibility index (Phi) is 30.7. The van der Waals surface area contributed by atoms with Crippen molar-refractivity contribution in [2.75, 3.05) is 61.8 Å². The molecule has 11 amide bonds. The Balaban J connectivity index is 4.28. The summed E-state index contributed by atoms with van der Waals surface area (Å²) in [6.07, 6.45) is -0.986. The number of alkyl halides is 1. The van der Waals surface area contributed by atoms with Crippen molar-refractivity contribution >= 4 is 76.6 Å². The molecule has 1 fully saturated rings. The molecular weight excluding hydrogens is 1090 g/mol. The summed E-state index contributed by atoms with van der Waals surface area (Å²) >= 11 is 6.25. The van der Waals surface area contributed by atoms with Crippen LogP contribution in [0.15, 0.2) is 0 Å². The van der Waals surface area contributed by atoms with Gasteiger partial charge in [0.1, 0.15) is 60.4 Å². The predicted octanol–water partition coefficient (Wildman–Crippen LogP) is 2.54. The van der Waals surface area contributed by atoms with Crippen LogP contribution in [0.1, 0.15) is 143 Å². The van der Waals surface area contributed by atoms with E-state index in [-0.39, 0.29) is 61.7 Å². The lowest BCUT2D eigenvalue weighted by Crippen LogP contribution is -2.63. The fourth-order valence-electron chi connectivity index (χ4n) is 10.3. The number of aliphatic hydroxyl groups excluding tert-OH is 1. The maximum atomic E-state index is 15.0. The molecule has 1 saturated heterocycles. The van der Waals surface area contributed by atoms with Gasteiger partial charge in [0.2, 0.25) is 65.0 Å². The lowest BCUT2D eigenvalue weighted by molar-refractivity contribution is -0.157. The van der Waals surface area contributed by atoms with E-state index in [1.54, 1.807) is 41.5 Å². The number of nitrogens with zero attached hydrogens (tertiary/aromatic N) is 7. The second-order valence-corrected chi connectivity index (χ2v) is 25.8. The van der Waals surface area contributed by atoms with E-state index in [4.69, 9.17) is 11.6 Å². The number of carbonyl (C=O) groups excluding carboxylic acids is 11. The third-order valence-electron chi connectivity index (χ3n) is 15.6. The Morgan fingerprint density at radius 2 is 0.843 bits per heavy atom. The number of hydrogen-bond acceptors (Lipinski definition) is 12. The van der Waals surface area contributed by atoms with Crippen molar-refractivity contribution < 1.29 is 57.8 Å². The zero-order valence-corrected chi connectivity index (χ0v) is 55.0. The van der Waals surface area contributed by atoms with E-state index in [1.165, 1.54) is 87.7 Å². The highest BCUT2D eigenvalue weighted by molar-refractivity contribution is 6.18. The standard InChI is InChI=1S/C59H106ClN11O12/c1-24-40-55(79)65(17)30-45(72)66(18)41(25-31(2)3)52(76)64-46(35(10)11)58(82)67(19)42(26-32(4)5)51(75)61-38(15)50(74)62-39(16)54(78)68(20)43(27-33(6)7)56(80)69(21)44(28-34(8)9)57(81)70(22)47(36(12)13)59(83)71(23)48(53(77)63-40)49(73)37(14)29-60/h31-44,46-49,73H,24-30H2,1-23H3,(H,61,75)(H,62,74)(H,63,77)(H,64,76)/t37-,38-,39+,40-,41-,42-,43-,44-,46-,47-,48?,49+/m0/s1. The molecule has 1 unspecified atom stereocenters. The van der Waals surface area contributed by atoms with E-state index >= 15 is 4.79 Å². The van der Waals surface area contributed by atoms with Crippen molar-refractivity contribution in [2.45, 2.75) is 209 Å². The smallest absolute Gasteiger partial charge is 0.246 e. The minimum Gasteiger partial charge on any atom is -0.390 e. The van der Waals surface area contributed by atoms with Gasteiger partial charge in [-0.2, -0.15) is 0 Å². The topological polar surface area (TPSA) is 279 Å². The Morgan fingerprint density at radius 3 is 1.28 bits per heavy atom. The average Bonchev–Trinajstić information content (AvgIpc) is 3.51. The third kappa shape index (κ3) is 20.9. The number of amides is 11. The maximum Gasteiger partial charge on any atom is 0.246 e. The first-order valence-corrected chi connectivity index (χ1v) is 30.0. The molecule has 1 rings (SSSR count). The van der Waals surface area contributed by atoms with Crippen LogP contribution >= 0.6 is 11.6 Å². The summed E-state index contributed by atoms with van der Waals surface area (Å²) < 4.78 is 0. The Bertz CT molecular complexity index is 2250. The molecule has 0 aromatic carbocycles. The molecule has 0 aromatic rings. The summed E-state index contributed by atoms with van der Waals surface area (Å²) in [7, 11) is 9.80. The van der Waals surface area contributed by atoms with Gasteiger partial charge in [-0.25, -0.2) is 0 Å². The Morgan fingerprint density at radius 1 is 0.446 bits per heavy atom. The van der Waals surface area contributed by atoms with Gasteiger partial charge in [-0.1, -0.05) is 96.9 Å². The van der Waals surface area contributed by atoms with Gasteiger partial charge in [0.15, 0.2) is 0 Å². The number of halogens is 1. The molecule has 0 saturated carbocycles. The summed E-state index contributed by atoms with van der Waals surface area (Å²) in [6, 6.07) is -12.4. The number of likely N-dealkylation sites (N-methyl/N-ethyl adjacent to an activating group) is 7. The minimum absolute atomic E-state index is 0.00594. The van der Waals surface area contributed by atoms with E-state index in [9.17, 15) is 53.1 Å². The Labute approximate surface area is 500 Å². The summed E-state index contributed by atoms with van der Waals surface area (Å²) in [6.45, 7) is 27.2. The molecule has 83 heavy (non-hydrogen) atoms. The molecule has 0 aliphatic carbocycles. The predicted molar refractivity (Wildman–Crippen MR) is 320 cm³/mol. The van der Waals surface area contributed by atoms with E-state index in [0.717, 1.165) is 9.80 Å². The van der Waals surface area contributed by atoms with Gasteiger partial charge in [0, 0.05) is 55.2 Å². The number of carbonyl (C=O) groups is 11. The van der Waals surface area contributed by atoms with Gasteiger partial charge < -0.3 is 60.7 Å². The van der Waals surface area contributed by atoms with Crippen molar-refractivity contribution in [3.8, 4) is 0 Å². The molecular formula is C59H106ClN11O12. The van der Waals surface area contributed by atoms with Crippen molar-refractivity contribution in [1.82, 2.24) is 55.6 Å². The van der Waals surface area contributed by atoms with Crippen molar-refractivity contribution in [2.24, 2.45) is 41.4 Å². The zero-order chi connectivity index (χ0) is 64.6. The first-order chi connectivity index (χ1) is 38.2. The largest absolute Gasteiger partial charge is 0.390 e. The van der Waals surface area contributed by atoms with Crippen molar-refractivity contribution in [1.29, 1.82) is 0 Å². The maximum absolute atomic E-state index is 15.0. The molecule has 0 bridgehead atoms. The summed E-state index contributed by atoms with van der Waals surface area (Å²) in [5.41, 5.74) is 0. The lowest BCUT2D eigenvalue weighted by atomic mass is 9.93. The zero-order valence-electron chi connectivity index (χ0n) is 54.3. The quantitative estimate of drug-likeness (QED) is 0.157. The molecule has 0 radical (unpaired) electrons. The highest BCUT2D eigenvalue weighted by Gasteiger charge is 2.45. The van der Waals surface area contributed by atoms with Gasteiger partial charge >= 0.3 is 0 Å². The summed E-state index contributed by atoms with van der Waals surface area (Å²) in [4.78, 5) is 168. The van der Waals surface area contributed by atoms with Crippen LogP contribution in [0, 0.1) is 41.4 Å². The van der Waals surface area contributed by atoms with Gasteiger partial charge in [0.25, 0.3) is 0 Å². The number of hydrogen-bond donors (Lipinski definition) is 5. The number of nitrogens with one attached hydrogen (secondary N) is 4. The van der Waals surface area contributed by atoms with Crippen LogP contribution in [0.2, 0.25) is 0 Å². The van der Waals surface area contributed by atoms with Crippen LogP contribution in [0.5, 0.6) is 0 Å². The third-order valence-corrected chi connectivity index (χ3v) is 16.1. The van der Waals surface area contributed by atoms with E-state index in [1.807, 2.05) is 55.4 Å². The summed E-state index contributed by atoms with van der Waals surface area (Å²) in [5.74, 6) is -10.2. The van der Waals surface area contributed by atoms with Crippen LogP contribution in [-0.2, 0) is 52.7 Å². The second kappa shape index (κ2) is 33.8. The normalized spacial score (nSPS) is 27.2. The monoisotopic (exact) mass is 1200 g/mol. The van der Waals surface area contributed by atoms with Crippen LogP contribution in [0.4, 0.5) is 0 Å². The first-order valence-electron chi connectivity index (χ1n) is 29.5. The fraction of sp³-hybridized carbons (Fsp3) is 0.814. The molecule has 476 valence electrons. The Hall–Kier alpha value is -5.58. The van der Waals surface area contributed by atoms with Crippen molar-refractivity contribution in [3.05, 3.63) is 0 Å².